The highest BCUT2D eigenvalue weighted by atomic mass is 35.5. The van der Waals surface area contributed by atoms with Crippen molar-refractivity contribution in [1.82, 2.24) is 4.98 Å². The molecule has 3 nitrogen and oxygen atoms in total. The molecule has 0 bridgehead atoms. The summed E-state index contributed by atoms with van der Waals surface area (Å²) in [6, 6.07) is 11.0. The lowest BCUT2D eigenvalue weighted by Gasteiger charge is -2.02. The fourth-order valence-electron chi connectivity index (χ4n) is 1.87. The van der Waals surface area contributed by atoms with Crippen LogP contribution in [0.1, 0.15) is 10.6 Å². The van der Waals surface area contributed by atoms with Crippen LogP contribution in [0.5, 0.6) is 0 Å². The molecule has 0 aliphatic heterocycles. The van der Waals surface area contributed by atoms with Gasteiger partial charge in [-0.05, 0) is 29.7 Å². The topological polar surface area (TPSA) is 43.1 Å². The SMILES string of the molecule is O=Cc1ccc(-c2ccc3c(Cl)nccc3c2)o1. The maximum absolute atomic E-state index is 10.6. The first-order valence-electron chi connectivity index (χ1n) is 5.37. The number of benzene rings is 1. The highest BCUT2D eigenvalue weighted by Crippen LogP contribution is 2.28. The normalized spacial score (nSPS) is 10.7. The Labute approximate surface area is 108 Å². The van der Waals surface area contributed by atoms with E-state index in [1.54, 1.807) is 18.3 Å². The van der Waals surface area contributed by atoms with Gasteiger partial charge in [0, 0.05) is 17.1 Å². The molecule has 0 atom stereocenters. The van der Waals surface area contributed by atoms with E-state index in [0.29, 0.717) is 23.0 Å². The summed E-state index contributed by atoms with van der Waals surface area (Å²) in [6.45, 7) is 0. The van der Waals surface area contributed by atoms with Gasteiger partial charge in [-0.25, -0.2) is 4.98 Å². The third-order valence-corrected chi connectivity index (χ3v) is 3.04. The number of nitrogens with zero attached hydrogens (tertiary/aromatic N) is 1. The van der Waals surface area contributed by atoms with Crippen LogP contribution in [0.15, 0.2) is 47.0 Å². The standard InChI is InChI=1S/C14H8ClNO2/c15-14-12-3-1-10(7-9(12)5-6-16-14)13-4-2-11(8-17)18-13/h1-8H. The minimum atomic E-state index is 0.317. The van der Waals surface area contributed by atoms with E-state index in [1.807, 2.05) is 24.3 Å². The molecule has 2 heterocycles. The molecule has 2 aromatic heterocycles. The van der Waals surface area contributed by atoms with Gasteiger partial charge in [0.05, 0.1) is 0 Å². The van der Waals surface area contributed by atoms with Crippen LogP contribution in [-0.2, 0) is 0 Å². The van der Waals surface area contributed by atoms with Gasteiger partial charge in [-0.15, -0.1) is 0 Å². The Hall–Kier alpha value is -2.13. The van der Waals surface area contributed by atoms with E-state index < -0.39 is 0 Å². The van der Waals surface area contributed by atoms with Gasteiger partial charge < -0.3 is 4.42 Å². The molecule has 0 spiro atoms. The number of aromatic nitrogens is 1. The van der Waals surface area contributed by atoms with Crippen LogP contribution >= 0.6 is 11.6 Å². The van der Waals surface area contributed by atoms with Crippen molar-refractivity contribution in [1.29, 1.82) is 0 Å². The molecule has 3 aromatic rings. The number of halogens is 1. The highest BCUT2D eigenvalue weighted by Gasteiger charge is 2.06. The molecule has 0 N–H and O–H groups in total. The molecule has 0 saturated heterocycles. The van der Waals surface area contributed by atoms with E-state index >= 15 is 0 Å². The molecule has 0 unspecified atom stereocenters. The molecule has 0 radical (unpaired) electrons. The van der Waals surface area contributed by atoms with Crippen molar-refractivity contribution >= 4 is 28.7 Å². The van der Waals surface area contributed by atoms with Crippen molar-refractivity contribution in [3.8, 4) is 11.3 Å². The van der Waals surface area contributed by atoms with Crippen molar-refractivity contribution in [3.05, 3.63) is 53.5 Å². The molecule has 18 heavy (non-hydrogen) atoms. The van der Waals surface area contributed by atoms with Gasteiger partial charge in [-0.3, -0.25) is 4.79 Å². The Balaban J connectivity index is 2.16. The van der Waals surface area contributed by atoms with Gasteiger partial charge in [0.15, 0.2) is 12.0 Å². The summed E-state index contributed by atoms with van der Waals surface area (Å²) in [7, 11) is 0. The Morgan fingerprint density at radius 3 is 2.83 bits per heavy atom. The molecule has 0 fully saturated rings. The zero-order valence-electron chi connectivity index (χ0n) is 9.26. The van der Waals surface area contributed by atoms with Crippen molar-refractivity contribution in [2.75, 3.05) is 0 Å². The number of hydrogen-bond acceptors (Lipinski definition) is 3. The number of rotatable bonds is 2. The summed E-state index contributed by atoms with van der Waals surface area (Å²) in [4.78, 5) is 14.6. The maximum atomic E-state index is 10.6. The van der Waals surface area contributed by atoms with Crippen LogP contribution < -0.4 is 0 Å². The Kier molecular flexibility index (Phi) is 2.61. The lowest BCUT2D eigenvalue weighted by atomic mass is 10.1. The van der Waals surface area contributed by atoms with E-state index in [0.717, 1.165) is 16.3 Å². The van der Waals surface area contributed by atoms with Crippen LogP contribution in [0.3, 0.4) is 0 Å². The minimum Gasteiger partial charge on any atom is -0.453 e. The second-order valence-electron chi connectivity index (χ2n) is 3.86. The Morgan fingerprint density at radius 2 is 2.06 bits per heavy atom. The van der Waals surface area contributed by atoms with E-state index in [2.05, 4.69) is 4.98 Å². The second kappa shape index (κ2) is 4.27. The molecule has 0 saturated carbocycles. The number of furan rings is 1. The average molecular weight is 258 g/mol. The zero-order valence-corrected chi connectivity index (χ0v) is 10.0. The number of hydrogen-bond donors (Lipinski definition) is 0. The van der Waals surface area contributed by atoms with E-state index in [9.17, 15) is 4.79 Å². The first-order valence-corrected chi connectivity index (χ1v) is 5.75. The van der Waals surface area contributed by atoms with Crippen LogP contribution in [0.2, 0.25) is 5.15 Å². The number of fused-ring (bicyclic) bond motifs is 1. The quantitative estimate of drug-likeness (QED) is 0.515. The lowest BCUT2D eigenvalue weighted by molar-refractivity contribution is 0.110. The summed E-state index contributed by atoms with van der Waals surface area (Å²) < 4.78 is 5.38. The van der Waals surface area contributed by atoms with Gasteiger partial charge >= 0.3 is 0 Å². The van der Waals surface area contributed by atoms with E-state index in [1.165, 1.54) is 0 Å². The first-order chi connectivity index (χ1) is 8.78. The number of carbonyl (C=O) groups is 1. The maximum Gasteiger partial charge on any atom is 0.185 e. The fraction of sp³-hybridized carbons (Fsp3) is 0. The van der Waals surface area contributed by atoms with E-state index in [-0.39, 0.29) is 0 Å². The lowest BCUT2D eigenvalue weighted by Crippen LogP contribution is -1.80. The number of carbonyl (C=O) groups excluding carboxylic acids is 1. The third-order valence-electron chi connectivity index (χ3n) is 2.74. The fourth-order valence-corrected chi connectivity index (χ4v) is 2.09. The van der Waals surface area contributed by atoms with Crippen molar-refractivity contribution in [2.24, 2.45) is 0 Å². The molecule has 3 rings (SSSR count). The predicted octanol–water partition coefficient (Wildman–Crippen LogP) is 3.96. The predicted molar refractivity (Wildman–Crippen MR) is 69.8 cm³/mol. The summed E-state index contributed by atoms with van der Waals surface area (Å²) >= 11 is 6.00. The molecular formula is C14H8ClNO2. The molecular weight excluding hydrogens is 250 g/mol. The second-order valence-corrected chi connectivity index (χ2v) is 4.22. The first kappa shape index (κ1) is 11.0. The van der Waals surface area contributed by atoms with Crippen LogP contribution in [0.4, 0.5) is 0 Å². The van der Waals surface area contributed by atoms with Crippen LogP contribution in [0, 0.1) is 0 Å². The summed E-state index contributed by atoms with van der Waals surface area (Å²) in [5, 5.41) is 2.36. The minimum absolute atomic E-state index is 0.317. The summed E-state index contributed by atoms with van der Waals surface area (Å²) in [6.07, 6.45) is 2.35. The largest absolute Gasteiger partial charge is 0.453 e. The zero-order chi connectivity index (χ0) is 12.5. The molecule has 0 aliphatic carbocycles. The van der Waals surface area contributed by atoms with E-state index in [4.69, 9.17) is 16.0 Å². The molecule has 0 amide bonds. The van der Waals surface area contributed by atoms with Crippen molar-refractivity contribution < 1.29 is 9.21 Å². The average Bonchev–Trinajstić information content (AvgIpc) is 2.87. The van der Waals surface area contributed by atoms with Crippen LogP contribution in [0.25, 0.3) is 22.1 Å². The monoisotopic (exact) mass is 257 g/mol. The number of aldehydes is 1. The summed E-state index contributed by atoms with van der Waals surface area (Å²) in [5.74, 6) is 0.977. The number of pyridine rings is 1. The van der Waals surface area contributed by atoms with Crippen LogP contribution in [-0.4, -0.2) is 11.3 Å². The Morgan fingerprint density at radius 1 is 1.17 bits per heavy atom. The summed E-state index contributed by atoms with van der Waals surface area (Å²) in [5.41, 5.74) is 0.901. The highest BCUT2D eigenvalue weighted by molar-refractivity contribution is 6.34. The van der Waals surface area contributed by atoms with Gasteiger partial charge in [0.2, 0.25) is 0 Å². The molecule has 0 aliphatic rings. The molecule has 88 valence electrons. The van der Waals surface area contributed by atoms with Gasteiger partial charge in [-0.1, -0.05) is 23.7 Å². The third kappa shape index (κ3) is 1.79. The Bertz CT molecular complexity index is 733. The molecule has 4 heteroatoms. The van der Waals surface area contributed by atoms with Gasteiger partial charge in [0.1, 0.15) is 10.9 Å². The van der Waals surface area contributed by atoms with Gasteiger partial charge in [-0.2, -0.15) is 0 Å². The van der Waals surface area contributed by atoms with Gasteiger partial charge in [0.25, 0.3) is 0 Å². The smallest absolute Gasteiger partial charge is 0.185 e. The molecule has 1 aromatic carbocycles. The van der Waals surface area contributed by atoms with Crippen molar-refractivity contribution in [3.63, 3.8) is 0 Å². The van der Waals surface area contributed by atoms with Crippen molar-refractivity contribution in [2.45, 2.75) is 0 Å².